The highest BCUT2D eigenvalue weighted by molar-refractivity contribution is 7.89. The molecule has 1 atom stereocenters. The summed E-state index contributed by atoms with van der Waals surface area (Å²) in [4.78, 5) is 0. The van der Waals surface area contributed by atoms with Gasteiger partial charge in [-0.1, -0.05) is 5.21 Å². The van der Waals surface area contributed by atoms with Crippen molar-refractivity contribution < 1.29 is 8.42 Å². The summed E-state index contributed by atoms with van der Waals surface area (Å²) < 4.78 is 27.6. The number of nitrogens with one attached hydrogen (secondary N) is 1. The van der Waals surface area contributed by atoms with Crippen LogP contribution < -0.4 is 5.32 Å². The first-order chi connectivity index (χ1) is 8.07. The first-order valence-corrected chi connectivity index (χ1v) is 7.02. The Labute approximate surface area is 101 Å². The molecule has 0 spiro atoms. The van der Waals surface area contributed by atoms with E-state index in [1.54, 1.807) is 11.4 Å². The maximum Gasteiger partial charge on any atom is 0.262 e. The second-order valence-corrected chi connectivity index (χ2v) is 6.00. The van der Waals surface area contributed by atoms with Gasteiger partial charge < -0.3 is 5.32 Å². The number of rotatable bonds is 4. The van der Waals surface area contributed by atoms with Crippen molar-refractivity contribution >= 4 is 10.0 Å². The van der Waals surface area contributed by atoms with E-state index in [0.29, 0.717) is 13.1 Å². The molecule has 96 valence electrons. The highest BCUT2D eigenvalue weighted by Crippen LogP contribution is 2.24. The average molecular weight is 259 g/mol. The van der Waals surface area contributed by atoms with Gasteiger partial charge >= 0.3 is 0 Å². The smallest absolute Gasteiger partial charge is 0.262 e. The predicted molar refractivity (Wildman–Crippen MR) is 61.8 cm³/mol. The number of nitrogens with zero attached hydrogens (tertiary/aromatic N) is 4. The van der Waals surface area contributed by atoms with Crippen molar-refractivity contribution in [2.45, 2.75) is 23.9 Å². The van der Waals surface area contributed by atoms with Crippen LogP contribution in [0.2, 0.25) is 0 Å². The van der Waals surface area contributed by atoms with Crippen LogP contribution in [0.4, 0.5) is 0 Å². The lowest BCUT2D eigenvalue weighted by Gasteiger charge is -2.23. The van der Waals surface area contributed by atoms with Gasteiger partial charge in [0, 0.05) is 26.2 Å². The number of hydrogen-bond donors (Lipinski definition) is 1. The van der Waals surface area contributed by atoms with Crippen molar-refractivity contribution in [1.82, 2.24) is 24.6 Å². The van der Waals surface area contributed by atoms with E-state index >= 15 is 0 Å². The lowest BCUT2D eigenvalue weighted by Crippen LogP contribution is -2.41. The zero-order valence-corrected chi connectivity index (χ0v) is 10.8. The van der Waals surface area contributed by atoms with Crippen molar-refractivity contribution in [3.63, 3.8) is 0 Å². The molecule has 1 aromatic heterocycles. The van der Waals surface area contributed by atoms with Crippen LogP contribution in [0.5, 0.6) is 0 Å². The monoisotopic (exact) mass is 259 g/mol. The fraction of sp³-hybridized carbons (Fsp3) is 0.778. The molecule has 2 rings (SSSR count). The molecule has 1 aliphatic rings. The Balaban J connectivity index is 2.30. The minimum atomic E-state index is -3.47. The van der Waals surface area contributed by atoms with Gasteiger partial charge in [0.25, 0.3) is 10.0 Å². The number of aryl methyl sites for hydroxylation is 1. The first kappa shape index (κ1) is 12.5. The van der Waals surface area contributed by atoms with Crippen molar-refractivity contribution in [2.24, 2.45) is 7.05 Å². The van der Waals surface area contributed by atoms with E-state index in [-0.39, 0.29) is 11.1 Å². The van der Waals surface area contributed by atoms with Gasteiger partial charge in [-0.05, 0) is 19.9 Å². The van der Waals surface area contributed by atoms with Gasteiger partial charge in [-0.15, -0.1) is 5.10 Å². The molecule has 0 aromatic carbocycles. The number of hydrogen-bond acceptors (Lipinski definition) is 5. The molecule has 1 aliphatic heterocycles. The standard InChI is InChI=1S/C9H17N5O2S/c1-10-6-8-4-3-5-14(8)17(15,16)9-7-11-12-13(9)2/h7-8,10H,3-6H2,1-2H3. The Morgan fingerprint density at radius 1 is 1.59 bits per heavy atom. The summed E-state index contributed by atoms with van der Waals surface area (Å²) in [6.07, 6.45) is 3.09. The van der Waals surface area contributed by atoms with E-state index in [1.807, 2.05) is 7.05 Å². The van der Waals surface area contributed by atoms with Gasteiger partial charge in [0.2, 0.25) is 0 Å². The summed E-state index contributed by atoms with van der Waals surface area (Å²) in [6, 6.07) is 0.0277. The predicted octanol–water partition coefficient (Wildman–Crippen LogP) is -0.812. The van der Waals surface area contributed by atoms with E-state index in [2.05, 4.69) is 15.6 Å². The minimum Gasteiger partial charge on any atom is -0.318 e. The Bertz CT molecular complexity index is 483. The number of likely N-dealkylation sites (N-methyl/N-ethyl adjacent to an activating group) is 1. The molecule has 17 heavy (non-hydrogen) atoms. The van der Waals surface area contributed by atoms with Crippen molar-refractivity contribution in [2.75, 3.05) is 20.1 Å². The first-order valence-electron chi connectivity index (χ1n) is 5.58. The lowest BCUT2D eigenvalue weighted by molar-refractivity contribution is 0.375. The molecule has 0 amide bonds. The summed E-state index contributed by atoms with van der Waals surface area (Å²) in [5.74, 6) is 0. The zero-order valence-electron chi connectivity index (χ0n) is 10.00. The molecule has 0 bridgehead atoms. The van der Waals surface area contributed by atoms with E-state index in [4.69, 9.17) is 0 Å². The third-order valence-corrected chi connectivity index (χ3v) is 5.01. The van der Waals surface area contributed by atoms with Crippen molar-refractivity contribution in [3.8, 4) is 0 Å². The molecule has 0 radical (unpaired) electrons. The van der Waals surface area contributed by atoms with E-state index in [0.717, 1.165) is 12.8 Å². The summed E-state index contributed by atoms with van der Waals surface area (Å²) in [5.41, 5.74) is 0. The molecule has 1 unspecified atom stereocenters. The number of aromatic nitrogens is 3. The molecule has 1 fully saturated rings. The van der Waals surface area contributed by atoms with Crippen LogP contribution in [-0.2, 0) is 17.1 Å². The Morgan fingerprint density at radius 3 is 2.94 bits per heavy atom. The van der Waals surface area contributed by atoms with Crippen LogP contribution in [0, 0.1) is 0 Å². The summed E-state index contributed by atoms with van der Waals surface area (Å²) >= 11 is 0. The summed E-state index contributed by atoms with van der Waals surface area (Å²) in [5, 5.41) is 10.5. The highest BCUT2D eigenvalue weighted by Gasteiger charge is 2.36. The molecule has 7 nitrogen and oxygen atoms in total. The fourth-order valence-corrected chi connectivity index (χ4v) is 3.93. The van der Waals surface area contributed by atoms with Crippen LogP contribution in [-0.4, -0.2) is 53.9 Å². The summed E-state index contributed by atoms with van der Waals surface area (Å²) in [7, 11) is -0.0516. The maximum absolute atomic E-state index is 12.4. The third-order valence-electron chi connectivity index (χ3n) is 3.01. The highest BCUT2D eigenvalue weighted by atomic mass is 32.2. The Kier molecular flexibility index (Phi) is 3.45. The van der Waals surface area contributed by atoms with Crippen LogP contribution >= 0.6 is 0 Å². The molecule has 1 saturated heterocycles. The van der Waals surface area contributed by atoms with Crippen molar-refractivity contribution in [3.05, 3.63) is 6.20 Å². The molecular weight excluding hydrogens is 242 g/mol. The average Bonchev–Trinajstić information content (AvgIpc) is 2.87. The SMILES string of the molecule is CNCC1CCCN1S(=O)(=O)c1cnnn1C. The Hall–Kier alpha value is -0.990. The lowest BCUT2D eigenvalue weighted by atomic mass is 10.2. The minimum absolute atomic E-state index is 0.0277. The molecule has 1 N–H and O–H groups in total. The van der Waals surface area contributed by atoms with Gasteiger partial charge in [0.05, 0.1) is 6.20 Å². The van der Waals surface area contributed by atoms with E-state index in [1.165, 1.54) is 10.9 Å². The summed E-state index contributed by atoms with van der Waals surface area (Å²) in [6.45, 7) is 1.24. The Morgan fingerprint density at radius 2 is 2.35 bits per heavy atom. The van der Waals surface area contributed by atoms with Gasteiger partial charge in [-0.3, -0.25) is 0 Å². The van der Waals surface area contributed by atoms with Crippen LogP contribution in [0.25, 0.3) is 0 Å². The molecule has 2 heterocycles. The second kappa shape index (κ2) is 4.71. The third kappa shape index (κ3) is 2.20. The topological polar surface area (TPSA) is 80.1 Å². The normalized spacial score (nSPS) is 22.1. The molecular formula is C9H17N5O2S. The zero-order chi connectivity index (χ0) is 12.5. The van der Waals surface area contributed by atoms with E-state index < -0.39 is 10.0 Å². The molecule has 8 heteroatoms. The van der Waals surface area contributed by atoms with Crippen LogP contribution in [0.1, 0.15) is 12.8 Å². The molecule has 0 aliphatic carbocycles. The largest absolute Gasteiger partial charge is 0.318 e. The van der Waals surface area contributed by atoms with Crippen LogP contribution in [0.15, 0.2) is 11.2 Å². The molecule has 1 aromatic rings. The van der Waals surface area contributed by atoms with Gasteiger partial charge in [0.15, 0.2) is 5.03 Å². The molecule has 0 saturated carbocycles. The number of sulfonamides is 1. The van der Waals surface area contributed by atoms with Gasteiger partial charge in [0.1, 0.15) is 0 Å². The van der Waals surface area contributed by atoms with Gasteiger partial charge in [-0.25, -0.2) is 13.1 Å². The second-order valence-electron chi connectivity index (χ2n) is 4.17. The van der Waals surface area contributed by atoms with Crippen molar-refractivity contribution in [1.29, 1.82) is 0 Å². The van der Waals surface area contributed by atoms with Crippen LogP contribution in [0.3, 0.4) is 0 Å². The van der Waals surface area contributed by atoms with Gasteiger partial charge in [-0.2, -0.15) is 4.31 Å². The van der Waals surface area contributed by atoms with E-state index in [9.17, 15) is 8.42 Å². The quantitative estimate of drug-likeness (QED) is 0.765. The maximum atomic E-state index is 12.4. The fourth-order valence-electron chi connectivity index (χ4n) is 2.20.